The summed E-state index contributed by atoms with van der Waals surface area (Å²) in [6, 6.07) is 8.21. The Morgan fingerprint density at radius 2 is 2.04 bits per heavy atom. The molecule has 2 unspecified atom stereocenters. The average Bonchev–Trinajstić information content (AvgIpc) is 3.11. The predicted octanol–water partition coefficient (Wildman–Crippen LogP) is 4.18. The monoisotopic (exact) mass is 386 g/mol. The molecule has 6 heteroatoms. The Balaban J connectivity index is 1.92. The van der Waals surface area contributed by atoms with Crippen LogP contribution in [-0.2, 0) is 4.79 Å². The molecule has 1 aliphatic heterocycles. The number of hydrogen-bond acceptors (Lipinski definition) is 5. The summed E-state index contributed by atoms with van der Waals surface area (Å²) in [6.07, 6.45) is 4.79. The van der Waals surface area contributed by atoms with E-state index in [4.69, 9.17) is 9.47 Å². The van der Waals surface area contributed by atoms with Crippen molar-refractivity contribution in [1.29, 1.82) is 0 Å². The first-order chi connectivity index (χ1) is 13.0. The van der Waals surface area contributed by atoms with Crippen molar-refractivity contribution in [2.75, 3.05) is 20.3 Å². The van der Waals surface area contributed by atoms with Gasteiger partial charge in [0.1, 0.15) is 0 Å². The molecule has 27 heavy (non-hydrogen) atoms. The van der Waals surface area contributed by atoms with Gasteiger partial charge >= 0.3 is 0 Å². The summed E-state index contributed by atoms with van der Waals surface area (Å²) in [7, 11) is 1.64. The molecule has 2 aromatic carbocycles. The maximum atomic E-state index is 11.1. The van der Waals surface area contributed by atoms with Crippen molar-refractivity contribution in [1.82, 2.24) is 4.90 Å². The van der Waals surface area contributed by atoms with Gasteiger partial charge in [-0.25, -0.2) is 0 Å². The molecule has 2 atom stereocenters. The quantitative estimate of drug-likeness (QED) is 0.441. The highest BCUT2D eigenvalue weighted by molar-refractivity contribution is 7.80. The molecule has 1 amide bonds. The van der Waals surface area contributed by atoms with Gasteiger partial charge in [0.25, 0.3) is 0 Å². The summed E-state index contributed by atoms with van der Waals surface area (Å²) < 4.78 is 11.3. The summed E-state index contributed by atoms with van der Waals surface area (Å²) in [5, 5.41) is 2.25. The zero-order valence-corrected chi connectivity index (χ0v) is 16.9. The van der Waals surface area contributed by atoms with Crippen LogP contribution in [0.25, 0.3) is 10.8 Å². The number of benzene rings is 2. The van der Waals surface area contributed by atoms with Crippen molar-refractivity contribution in [2.45, 2.75) is 38.0 Å². The van der Waals surface area contributed by atoms with Gasteiger partial charge in [-0.05, 0) is 60.4 Å². The minimum atomic E-state index is 0.0873. The van der Waals surface area contributed by atoms with E-state index in [2.05, 4.69) is 29.8 Å². The maximum absolute atomic E-state index is 11.1. The third-order valence-electron chi connectivity index (χ3n) is 4.78. The number of fused-ring (bicyclic) bond motifs is 1. The molecule has 2 aromatic rings. The molecular formula is C21H26N2O3S. The van der Waals surface area contributed by atoms with Gasteiger partial charge in [-0.3, -0.25) is 9.79 Å². The normalized spacial score (nSPS) is 18.2. The van der Waals surface area contributed by atoms with E-state index in [-0.39, 0.29) is 11.3 Å². The molecule has 0 bridgehead atoms. The maximum Gasteiger partial charge on any atom is 0.210 e. The lowest BCUT2D eigenvalue weighted by Gasteiger charge is -2.16. The van der Waals surface area contributed by atoms with Gasteiger partial charge in [-0.15, -0.1) is 0 Å². The minimum absolute atomic E-state index is 0.0873. The van der Waals surface area contributed by atoms with Crippen LogP contribution >= 0.6 is 12.6 Å². The second-order valence-corrected chi connectivity index (χ2v) is 7.86. The number of methoxy groups -OCH3 is 1. The van der Waals surface area contributed by atoms with Gasteiger partial charge < -0.3 is 14.4 Å². The number of ether oxygens (including phenoxy) is 2. The van der Waals surface area contributed by atoms with Crippen molar-refractivity contribution in [3.63, 3.8) is 0 Å². The molecule has 0 aromatic heterocycles. The zero-order valence-electron chi connectivity index (χ0n) is 16.0. The van der Waals surface area contributed by atoms with Crippen molar-refractivity contribution >= 4 is 41.7 Å². The Morgan fingerprint density at radius 1 is 1.30 bits per heavy atom. The fourth-order valence-corrected chi connectivity index (χ4v) is 3.38. The lowest BCUT2D eigenvalue weighted by Crippen LogP contribution is -2.28. The SMILES string of the molecule is COc1cc2cc(C)c(N=CC3CCCN3C=O)cc2cc1OCC(C)S. The van der Waals surface area contributed by atoms with Crippen LogP contribution in [0.2, 0.25) is 0 Å². The number of amides is 1. The van der Waals surface area contributed by atoms with E-state index in [1.807, 2.05) is 32.2 Å². The fourth-order valence-electron chi connectivity index (χ4n) is 3.30. The van der Waals surface area contributed by atoms with E-state index in [0.717, 1.165) is 47.8 Å². The van der Waals surface area contributed by atoms with Gasteiger partial charge in [0.15, 0.2) is 11.5 Å². The third kappa shape index (κ3) is 4.56. The third-order valence-corrected chi connectivity index (χ3v) is 4.93. The van der Waals surface area contributed by atoms with Crippen molar-refractivity contribution in [3.05, 3.63) is 29.8 Å². The number of hydrogen-bond donors (Lipinski definition) is 1. The van der Waals surface area contributed by atoms with Crippen LogP contribution in [0.15, 0.2) is 29.3 Å². The van der Waals surface area contributed by atoms with E-state index >= 15 is 0 Å². The molecule has 0 N–H and O–H groups in total. The second kappa shape index (κ2) is 8.65. The van der Waals surface area contributed by atoms with Crippen molar-refractivity contribution < 1.29 is 14.3 Å². The summed E-state index contributed by atoms with van der Waals surface area (Å²) >= 11 is 4.37. The van der Waals surface area contributed by atoms with Crippen LogP contribution in [0.1, 0.15) is 25.3 Å². The zero-order chi connectivity index (χ0) is 19.4. The molecule has 1 fully saturated rings. The highest BCUT2D eigenvalue weighted by Crippen LogP contribution is 2.35. The second-order valence-electron chi connectivity index (χ2n) is 6.98. The minimum Gasteiger partial charge on any atom is -0.493 e. The van der Waals surface area contributed by atoms with Crippen molar-refractivity contribution in [3.8, 4) is 11.5 Å². The van der Waals surface area contributed by atoms with Crippen LogP contribution in [0.4, 0.5) is 5.69 Å². The molecule has 3 rings (SSSR count). The number of nitrogens with zero attached hydrogens (tertiary/aromatic N) is 2. The molecule has 0 radical (unpaired) electrons. The number of rotatable bonds is 7. The van der Waals surface area contributed by atoms with E-state index in [1.54, 1.807) is 12.0 Å². The van der Waals surface area contributed by atoms with Crippen LogP contribution < -0.4 is 9.47 Å². The fraction of sp³-hybridized carbons (Fsp3) is 0.429. The lowest BCUT2D eigenvalue weighted by atomic mass is 10.0. The summed E-state index contributed by atoms with van der Waals surface area (Å²) in [5.74, 6) is 1.41. The van der Waals surface area contributed by atoms with E-state index in [9.17, 15) is 4.79 Å². The molecular weight excluding hydrogens is 360 g/mol. The van der Waals surface area contributed by atoms with Gasteiger partial charge in [-0.1, -0.05) is 6.92 Å². The summed E-state index contributed by atoms with van der Waals surface area (Å²) in [5.41, 5.74) is 1.98. The standard InChI is InChI=1S/C21H26N2O3S/c1-14-7-16-9-20(25-3)21(26-12-15(2)27)10-17(16)8-19(14)22-11-18-5-4-6-23(18)13-24/h7-11,13,15,18,27H,4-6,12H2,1-3H3. The van der Waals surface area contributed by atoms with E-state index in [0.29, 0.717) is 18.1 Å². The molecule has 1 heterocycles. The number of aliphatic imine (C=N–C) groups is 1. The van der Waals surface area contributed by atoms with Crippen LogP contribution in [-0.4, -0.2) is 49.1 Å². The predicted molar refractivity (Wildman–Crippen MR) is 113 cm³/mol. The highest BCUT2D eigenvalue weighted by atomic mass is 32.1. The number of likely N-dealkylation sites (tertiary alicyclic amines) is 1. The number of thiol groups is 1. The van der Waals surface area contributed by atoms with Gasteiger partial charge in [0, 0.05) is 18.0 Å². The molecule has 1 aliphatic rings. The number of carbonyl (C=O) groups excluding carboxylic acids is 1. The van der Waals surface area contributed by atoms with Crippen molar-refractivity contribution in [2.24, 2.45) is 4.99 Å². The highest BCUT2D eigenvalue weighted by Gasteiger charge is 2.21. The topological polar surface area (TPSA) is 51.1 Å². The Labute approximate surface area is 165 Å². The number of aryl methyl sites for hydroxylation is 1. The van der Waals surface area contributed by atoms with Gasteiger partial charge in [0.2, 0.25) is 6.41 Å². The summed E-state index contributed by atoms with van der Waals surface area (Å²) in [6.45, 7) is 5.34. The molecule has 0 saturated carbocycles. The molecule has 144 valence electrons. The Bertz CT molecular complexity index is 851. The molecule has 0 spiro atoms. The Kier molecular flexibility index (Phi) is 6.26. The van der Waals surface area contributed by atoms with Crippen LogP contribution in [0, 0.1) is 6.92 Å². The summed E-state index contributed by atoms with van der Waals surface area (Å²) in [4.78, 5) is 17.6. The first-order valence-electron chi connectivity index (χ1n) is 9.20. The van der Waals surface area contributed by atoms with E-state index in [1.165, 1.54) is 0 Å². The molecule has 5 nitrogen and oxygen atoms in total. The lowest BCUT2D eigenvalue weighted by molar-refractivity contribution is -0.117. The largest absolute Gasteiger partial charge is 0.493 e. The Hall–Kier alpha value is -2.21. The molecule has 0 aliphatic carbocycles. The first-order valence-corrected chi connectivity index (χ1v) is 9.72. The van der Waals surface area contributed by atoms with E-state index < -0.39 is 0 Å². The number of carbonyl (C=O) groups is 1. The van der Waals surface area contributed by atoms with Crippen LogP contribution in [0.3, 0.4) is 0 Å². The Morgan fingerprint density at radius 3 is 2.74 bits per heavy atom. The van der Waals surface area contributed by atoms with Gasteiger partial charge in [-0.2, -0.15) is 12.6 Å². The smallest absolute Gasteiger partial charge is 0.210 e. The average molecular weight is 387 g/mol. The first kappa shape index (κ1) is 19.5. The molecule has 1 saturated heterocycles. The van der Waals surface area contributed by atoms with Crippen LogP contribution in [0.5, 0.6) is 11.5 Å². The van der Waals surface area contributed by atoms with Gasteiger partial charge in [0.05, 0.1) is 25.4 Å².